The summed E-state index contributed by atoms with van der Waals surface area (Å²) >= 11 is 6.03. The number of methoxy groups -OCH3 is 1. The monoisotopic (exact) mass is 321 g/mol. The Morgan fingerprint density at radius 3 is 2.95 bits per heavy atom. The van der Waals surface area contributed by atoms with E-state index in [-0.39, 0.29) is 6.04 Å². The Hall–Kier alpha value is -1.79. The first-order valence-corrected chi connectivity index (χ1v) is 7.69. The lowest BCUT2D eigenvalue weighted by atomic mass is 10.1. The summed E-state index contributed by atoms with van der Waals surface area (Å²) in [4.78, 5) is 6.74. The SMILES string of the molecule is COc1cc(Cl)ccc1CN1CCCC1c1nc(N)n(C)n1. The highest BCUT2D eigenvalue weighted by Gasteiger charge is 2.30. The van der Waals surface area contributed by atoms with E-state index in [4.69, 9.17) is 22.1 Å². The van der Waals surface area contributed by atoms with E-state index in [2.05, 4.69) is 15.0 Å². The van der Waals surface area contributed by atoms with Gasteiger partial charge in [0, 0.05) is 24.2 Å². The van der Waals surface area contributed by atoms with Gasteiger partial charge in [-0.25, -0.2) is 4.68 Å². The summed E-state index contributed by atoms with van der Waals surface area (Å²) < 4.78 is 7.05. The largest absolute Gasteiger partial charge is 0.496 e. The van der Waals surface area contributed by atoms with Crippen molar-refractivity contribution >= 4 is 17.5 Å². The number of nitrogens with two attached hydrogens (primary N) is 1. The Bertz CT molecular complexity index is 652. The predicted octanol–water partition coefficient (Wildman–Crippen LogP) is 2.40. The molecule has 2 aromatic rings. The maximum atomic E-state index is 6.03. The quantitative estimate of drug-likeness (QED) is 0.936. The normalized spacial score (nSPS) is 18.8. The van der Waals surface area contributed by atoms with Crippen molar-refractivity contribution in [2.24, 2.45) is 7.05 Å². The van der Waals surface area contributed by atoms with Gasteiger partial charge in [-0.1, -0.05) is 17.7 Å². The van der Waals surface area contributed by atoms with Gasteiger partial charge in [-0.15, -0.1) is 0 Å². The number of halogens is 1. The van der Waals surface area contributed by atoms with Crippen LogP contribution in [-0.4, -0.2) is 33.3 Å². The van der Waals surface area contributed by atoms with E-state index >= 15 is 0 Å². The molecule has 0 bridgehead atoms. The van der Waals surface area contributed by atoms with E-state index in [0.717, 1.165) is 43.1 Å². The molecule has 3 rings (SSSR count). The molecule has 1 aliphatic rings. The van der Waals surface area contributed by atoms with Crippen LogP contribution in [0.15, 0.2) is 18.2 Å². The number of likely N-dealkylation sites (tertiary alicyclic amines) is 1. The molecule has 22 heavy (non-hydrogen) atoms. The summed E-state index contributed by atoms with van der Waals surface area (Å²) in [6, 6.07) is 5.95. The van der Waals surface area contributed by atoms with Crippen LogP contribution in [0.3, 0.4) is 0 Å². The summed E-state index contributed by atoms with van der Waals surface area (Å²) in [5, 5.41) is 5.11. The fourth-order valence-electron chi connectivity index (χ4n) is 2.93. The predicted molar refractivity (Wildman–Crippen MR) is 85.8 cm³/mol. The number of aryl methyl sites for hydroxylation is 1. The maximum absolute atomic E-state index is 6.03. The molecule has 1 aromatic heterocycles. The molecule has 1 saturated heterocycles. The second-order valence-electron chi connectivity index (χ2n) is 5.54. The van der Waals surface area contributed by atoms with Gasteiger partial charge < -0.3 is 10.5 Å². The van der Waals surface area contributed by atoms with Gasteiger partial charge in [-0.3, -0.25) is 4.90 Å². The Labute approximate surface area is 134 Å². The molecule has 1 atom stereocenters. The minimum atomic E-state index is 0.198. The van der Waals surface area contributed by atoms with Gasteiger partial charge in [0.15, 0.2) is 5.82 Å². The topological polar surface area (TPSA) is 69.2 Å². The van der Waals surface area contributed by atoms with E-state index in [0.29, 0.717) is 11.0 Å². The van der Waals surface area contributed by atoms with Gasteiger partial charge >= 0.3 is 0 Å². The number of hydrogen-bond donors (Lipinski definition) is 1. The summed E-state index contributed by atoms with van der Waals surface area (Å²) in [6.45, 7) is 1.79. The zero-order valence-corrected chi connectivity index (χ0v) is 13.5. The van der Waals surface area contributed by atoms with Crippen molar-refractivity contribution in [3.05, 3.63) is 34.6 Å². The average Bonchev–Trinajstić information content (AvgIpc) is 3.08. The van der Waals surface area contributed by atoms with Gasteiger partial charge in [0.05, 0.1) is 13.2 Å². The Morgan fingerprint density at radius 2 is 2.27 bits per heavy atom. The minimum Gasteiger partial charge on any atom is -0.496 e. The molecule has 0 amide bonds. The number of hydrogen-bond acceptors (Lipinski definition) is 5. The second-order valence-corrected chi connectivity index (χ2v) is 5.97. The fraction of sp³-hybridized carbons (Fsp3) is 0.467. The van der Waals surface area contributed by atoms with Gasteiger partial charge in [0.2, 0.25) is 5.95 Å². The first-order valence-electron chi connectivity index (χ1n) is 7.31. The highest BCUT2D eigenvalue weighted by atomic mass is 35.5. The number of anilines is 1. The molecule has 0 saturated carbocycles. The van der Waals surface area contributed by atoms with E-state index in [9.17, 15) is 0 Å². The first-order chi connectivity index (χ1) is 10.6. The molecule has 0 spiro atoms. The maximum Gasteiger partial charge on any atom is 0.218 e. The molecule has 1 aromatic carbocycles. The number of nitrogen functional groups attached to an aromatic ring is 1. The van der Waals surface area contributed by atoms with Crippen LogP contribution >= 0.6 is 11.6 Å². The number of nitrogens with zero attached hydrogens (tertiary/aromatic N) is 4. The van der Waals surface area contributed by atoms with Crippen molar-refractivity contribution < 1.29 is 4.74 Å². The van der Waals surface area contributed by atoms with Crippen molar-refractivity contribution in [3.63, 3.8) is 0 Å². The highest BCUT2D eigenvalue weighted by molar-refractivity contribution is 6.30. The number of aromatic nitrogens is 3. The van der Waals surface area contributed by atoms with Crippen molar-refractivity contribution in [1.82, 2.24) is 19.7 Å². The molecule has 7 heteroatoms. The molecule has 1 aliphatic heterocycles. The Kier molecular flexibility index (Phi) is 4.22. The van der Waals surface area contributed by atoms with E-state index in [1.54, 1.807) is 11.8 Å². The lowest BCUT2D eigenvalue weighted by Crippen LogP contribution is -2.24. The molecular formula is C15H20ClN5O. The summed E-state index contributed by atoms with van der Waals surface area (Å²) in [5.41, 5.74) is 6.92. The van der Waals surface area contributed by atoms with E-state index in [1.807, 2.05) is 25.2 Å². The van der Waals surface area contributed by atoms with E-state index in [1.165, 1.54) is 0 Å². The standard InChI is InChI=1S/C15H20ClN5O/c1-20-15(17)18-14(19-20)12-4-3-7-21(12)9-10-5-6-11(16)8-13(10)22-2/h5-6,8,12H,3-4,7,9H2,1-2H3,(H2,17,18,19). The third-order valence-electron chi connectivity index (χ3n) is 4.10. The summed E-state index contributed by atoms with van der Waals surface area (Å²) in [5.74, 6) is 2.06. The van der Waals surface area contributed by atoms with Gasteiger partial charge in [0.1, 0.15) is 5.75 Å². The van der Waals surface area contributed by atoms with Crippen LogP contribution in [0, 0.1) is 0 Å². The number of benzene rings is 1. The summed E-state index contributed by atoms with van der Waals surface area (Å²) in [7, 11) is 3.48. The smallest absolute Gasteiger partial charge is 0.218 e. The van der Waals surface area contributed by atoms with Crippen LogP contribution < -0.4 is 10.5 Å². The molecule has 2 heterocycles. The van der Waals surface area contributed by atoms with E-state index < -0.39 is 0 Å². The molecule has 1 unspecified atom stereocenters. The average molecular weight is 322 g/mol. The van der Waals surface area contributed by atoms with Crippen molar-refractivity contribution in [1.29, 1.82) is 0 Å². The van der Waals surface area contributed by atoms with Gasteiger partial charge in [0.25, 0.3) is 0 Å². The molecule has 1 fully saturated rings. The number of ether oxygens (including phenoxy) is 1. The summed E-state index contributed by atoms with van der Waals surface area (Å²) in [6.07, 6.45) is 2.16. The molecule has 0 aliphatic carbocycles. The second kappa shape index (κ2) is 6.14. The highest BCUT2D eigenvalue weighted by Crippen LogP contribution is 2.34. The van der Waals surface area contributed by atoms with Crippen molar-refractivity contribution in [2.75, 3.05) is 19.4 Å². The molecule has 2 N–H and O–H groups in total. The Morgan fingerprint density at radius 1 is 1.45 bits per heavy atom. The molecule has 0 radical (unpaired) electrons. The fourth-order valence-corrected chi connectivity index (χ4v) is 3.10. The number of rotatable bonds is 4. The first kappa shape index (κ1) is 15.1. The molecule has 6 nitrogen and oxygen atoms in total. The van der Waals surface area contributed by atoms with Gasteiger partial charge in [-0.2, -0.15) is 10.1 Å². The third kappa shape index (κ3) is 2.89. The van der Waals surface area contributed by atoms with Crippen LogP contribution in [0.25, 0.3) is 0 Å². The molecule has 118 valence electrons. The zero-order chi connectivity index (χ0) is 15.7. The lowest BCUT2D eigenvalue weighted by Gasteiger charge is -2.23. The molecular weight excluding hydrogens is 302 g/mol. The minimum absolute atomic E-state index is 0.198. The van der Waals surface area contributed by atoms with Crippen molar-refractivity contribution in [2.45, 2.75) is 25.4 Å². The Balaban J connectivity index is 1.82. The van der Waals surface area contributed by atoms with Crippen LogP contribution in [0.1, 0.15) is 30.3 Å². The lowest BCUT2D eigenvalue weighted by molar-refractivity contribution is 0.236. The van der Waals surface area contributed by atoms with Crippen LogP contribution in [0.4, 0.5) is 5.95 Å². The zero-order valence-electron chi connectivity index (χ0n) is 12.8. The van der Waals surface area contributed by atoms with Crippen LogP contribution in [0.2, 0.25) is 5.02 Å². The van der Waals surface area contributed by atoms with Gasteiger partial charge in [-0.05, 0) is 31.5 Å². The van der Waals surface area contributed by atoms with Crippen LogP contribution in [-0.2, 0) is 13.6 Å². The van der Waals surface area contributed by atoms with Crippen LogP contribution in [0.5, 0.6) is 5.75 Å². The third-order valence-corrected chi connectivity index (χ3v) is 4.33. The van der Waals surface area contributed by atoms with Crippen molar-refractivity contribution in [3.8, 4) is 5.75 Å².